The lowest BCUT2D eigenvalue weighted by molar-refractivity contribution is -0.130. The Hall–Kier alpha value is -3.74. The number of likely N-dealkylation sites (tertiary alicyclic amines) is 1. The van der Waals surface area contributed by atoms with E-state index in [1.54, 1.807) is 12.5 Å². The number of nitrogens with one attached hydrogen (secondary N) is 1. The van der Waals surface area contributed by atoms with Gasteiger partial charge in [0, 0.05) is 60.5 Å². The zero-order chi connectivity index (χ0) is 21.9. The van der Waals surface area contributed by atoms with Crippen molar-refractivity contribution in [1.82, 2.24) is 24.8 Å². The number of rotatable bonds is 6. The normalized spacial score (nSPS) is 16.0. The van der Waals surface area contributed by atoms with Gasteiger partial charge in [0.1, 0.15) is 12.1 Å². The molecule has 1 aliphatic heterocycles. The van der Waals surface area contributed by atoms with E-state index in [9.17, 15) is 4.79 Å². The van der Waals surface area contributed by atoms with E-state index < -0.39 is 0 Å². The zero-order valence-corrected chi connectivity index (χ0v) is 17.9. The molecule has 7 heteroatoms. The number of aromatic amines is 1. The fourth-order valence-electron chi connectivity index (χ4n) is 4.64. The molecule has 0 unspecified atom stereocenters. The number of anilines is 1. The molecular weight excluding hydrogens is 400 g/mol. The Morgan fingerprint density at radius 3 is 3.03 bits per heavy atom. The van der Waals surface area contributed by atoms with Crippen molar-refractivity contribution in [1.29, 1.82) is 0 Å². The van der Waals surface area contributed by atoms with Crippen molar-refractivity contribution in [2.45, 2.75) is 31.6 Å². The van der Waals surface area contributed by atoms with Crippen LogP contribution < -0.4 is 5.73 Å². The summed E-state index contributed by atoms with van der Waals surface area (Å²) in [5, 5.41) is 1.24. The molecule has 1 fully saturated rings. The maximum atomic E-state index is 12.9. The maximum absolute atomic E-state index is 12.9. The lowest BCUT2D eigenvalue weighted by Gasteiger charge is -2.17. The van der Waals surface area contributed by atoms with E-state index >= 15 is 0 Å². The fourth-order valence-corrected chi connectivity index (χ4v) is 4.64. The molecule has 1 aromatic carbocycles. The van der Waals surface area contributed by atoms with E-state index in [2.05, 4.69) is 44.3 Å². The largest absolute Gasteiger partial charge is 0.384 e. The number of amides is 1. The minimum Gasteiger partial charge on any atom is -0.384 e. The third-order valence-corrected chi connectivity index (χ3v) is 6.27. The molecule has 162 valence electrons. The molecule has 4 heterocycles. The molecule has 0 bridgehead atoms. The summed E-state index contributed by atoms with van der Waals surface area (Å²) >= 11 is 0. The van der Waals surface area contributed by atoms with Gasteiger partial charge >= 0.3 is 0 Å². The number of aromatic nitrogens is 4. The number of carbonyl (C=O) groups excluding carboxylic acids is 1. The van der Waals surface area contributed by atoms with Crippen LogP contribution in [0.2, 0.25) is 0 Å². The Bertz CT molecular complexity index is 1250. The molecule has 4 aromatic rings. The first kappa shape index (κ1) is 20.2. The van der Waals surface area contributed by atoms with E-state index in [1.165, 1.54) is 10.9 Å². The average molecular weight is 427 g/mol. The molecule has 1 aliphatic rings. The number of carbonyl (C=O) groups is 1. The summed E-state index contributed by atoms with van der Waals surface area (Å²) in [5.74, 6) is 0.881. The highest BCUT2D eigenvalue weighted by molar-refractivity contribution is 5.83. The van der Waals surface area contributed by atoms with Crippen LogP contribution in [0.3, 0.4) is 0 Å². The first-order valence-electron chi connectivity index (χ1n) is 11.0. The summed E-state index contributed by atoms with van der Waals surface area (Å²) < 4.78 is 0. The second-order valence-corrected chi connectivity index (χ2v) is 8.33. The Morgan fingerprint density at radius 2 is 2.12 bits per heavy atom. The Morgan fingerprint density at radius 1 is 1.22 bits per heavy atom. The molecule has 0 aliphatic carbocycles. The van der Waals surface area contributed by atoms with Gasteiger partial charge in [-0.15, -0.1) is 0 Å². The summed E-state index contributed by atoms with van der Waals surface area (Å²) in [7, 11) is 0. The highest BCUT2D eigenvalue weighted by Gasteiger charge is 2.29. The number of hydrogen-bond acceptors (Lipinski definition) is 5. The lowest BCUT2D eigenvalue weighted by Crippen LogP contribution is -2.28. The van der Waals surface area contributed by atoms with Crippen LogP contribution in [0.4, 0.5) is 5.82 Å². The predicted octanol–water partition coefficient (Wildman–Crippen LogP) is 3.94. The number of benzene rings is 1. The monoisotopic (exact) mass is 426 g/mol. The molecule has 32 heavy (non-hydrogen) atoms. The van der Waals surface area contributed by atoms with Crippen molar-refractivity contribution in [2.75, 3.05) is 18.8 Å². The molecule has 0 spiro atoms. The Labute approximate surface area is 186 Å². The average Bonchev–Trinajstić information content (AvgIpc) is 3.47. The van der Waals surface area contributed by atoms with Crippen LogP contribution in [-0.4, -0.2) is 43.8 Å². The van der Waals surface area contributed by atoms with Crippen LogP contribution in [0.5, 0.6) is 0 Å². The topological polar surface area (TPSA) is 101 Å². The van der Waals surface area contributed by atoms with Gasteiger partial charge in [-0.25, -0.2) is 15.0 Å². The van der Waals surface area contributed by atoms with Gasteiger partial charge in [0.05, 0.1) is 5.69 Å². The van der Waals surface area contributed by atoms with Crippen LogP contribution in [0.25, 0.3) is 22.0 Å². The number of nitrogens with zero attached hydrogens (tertiary/aromatic N) is 4. The number of nitrogen functional groups attached to an aromatic ring is 1. The van der Waals surface area contributed by atoms with Gasteiger partial charge in [-0.2, -0.15) is 0 Å². The number of nitrogens with two attached hydrogens (primary N) is 1. The van der Waals surface area contributed by atoms with Crippen molar-refractivity contribution in [3.63, 3.8) is 0 Å². The van der Waals surface area contributed by atoms with Gasteiger partial charge in [0.25, 0.3) is 0 Å². The fraction of sp³-hybridized carbons (Fsp3) is 0.280. The Kier molecular flexibility index (Phi) is 5.54. The highest BCUT2D eigenvalue weighted by Crippen LogP contribution is 2.33. The summed E-state index contributed by atoms with van der Waals surface area (Å²) in [6.07, 6.45) is 10.4. The number of aryl methyl sites for hydroxylation is 1. The molecule has 7 nitrogen and oxygen atoms in total. The quantitative estimate of drug-likeness (QED) is 0.486. The third kappa shape index (κ3) is 4.06. The van der Waals surface area contributed by atoms with Crippen molar-refractivity contribution in [3.8, 4) is 11.1 Å². The summed E-state index contributed by atoms with van der Waals surface area (Å²) in [6, 6.07) is 12.0. The molecule has 1 saturated heterocycles. The van der Waals surface area contributed by atoms with E-state index in [4.69, 9.17) is 5.73 Å². The number of fused-ring (bicyclic) bond motifs is 1. The number of para-hydroxylation sites is 1. The number of pyridine rings is 1. The molecular formula is C25H26N6O. The van der Waals surface area contributed by atoms with Crippen molar-refractivity contribution >= 4 is 22.6 Å². The molecule has 5 rings (SSSR count). The molecule has 1 atom stereocenters. The standard InChI is InChI=1S/C25H26N6O/c26-23-12-17(8-10-28-23)21-14-27-16-30-25(21)19-9-11-31(15-19)24(32)7-3-4-18-13-29-22-6-2-1-5-20(18)22/h1-2,5-6,8,10,12-14,16,19,29H,3-4,7,9,11,15H2,(H2,26,28)/t19-/m1/s1. The Balaban J connectivity index is 1.22. The van der Waals surface area contributed by atoms with Gasteiger partial charge in [0.2, 0.25) is 5.91 Å². The van der Waals surface area contributed by atoms with Crippen LogP contribution in [0, 0.1) is 0 Å². The van der Waals surface area contributed by atoms with E-state index in [1.807, 2.05) is 29.3 Å². The van der Waals surface area contributed by atoms with E-state index in [0.717, 1.165) is 48.1 Å². The second kappa shape index (κ2) is 8.78. The number of H-pyrrole nitrogens is 1. The smallest absolute Gasteiger partial charge is 0.222 e. The molecule has 3 N–H and O–H groups in total. The van der Waals surface area contributed by atoms with Crippen molar-refractivity contribution < 1.29 is 4.79 Å². The first-order valence-corrected chi connectivity index (χ1v) is 11.0. The molecule has 0 radical (unpaired) electrons. The van der Waals surface area contributed by atoms with Gasteiger partial charge in [-0.1, -0.05) is 18.2 Å². The van der Waals surface area contributed by atoms with Gasteiger partial charge in [0.15, 0.2) is 0 Å². The van der Waals surface area contributed by atoms with E-state index in [-0.39, 0.29) is 11.8 Å². The summed E-state index contributed by atoms with van der Waals surface area (Å²) in [4.78, 5) is 31.0. The first-order chi connectivity index (χ1) is 15.7. The second-order valence-electron chi connectivity index (χ2n) is 8.33. The summed E-state index contributed by atoms with van der Waals surface area (Å²) in [6.45, 7) is 1.45. The van der Waals surface area contributed by atoms with Crippen molar-refractivity contribution in [3.05, 3.63) is 72.6 Å². The van der Waals surface area contributed by atoms with Gasteiger partial charge in [-0.3, -0.25) is 4.79 Å². The third-order valence-electron chi connectivity index (χ3n) is 6.27. The van der Waals surface area contributed by atoms with Crippen LogP contribution in [0.1, 0.15) is 36.4 Å². The van der Waals surface area contributed by atoms with Crippen LogP contribution in [-0.2, 0) is 11.2 Å². The SMILES string of the molecule is Nc1cc(-c2cncnc2[C@@H]2CCN(C(=O)CCCc3c[nH]c4ccccc34)C2)ccn1. The van der Waals surface area contributed by atoms with Crippen LogP contribution >= 0.6 is 0 Å². The molecule has 0 saturated carbocycles. The van der Waals surface area contributed by atoms with Gasteiger partial charge in [-0.05, 0) is 48.6 Å². The molecule has 3 aromatic heterocycles. The minimum absolute atomic E-state index is 0.194. The van der Waals surface area contributed by atoms with Crippen molar-refractivity contribution in [2.24, 2.45) is 0 Å². The summed E-state index contributed by atoms with van der Waals surface area (Å²) in [5.41, 5.74) is 11.2. The molecule has 1 amide bonds. The maximum Gasteiger partial charge on any atom is 0.222 e. The minimum atomic E-state index is 0.194. The van der Waals surface area contributed by atoms with E-state index in [0.29, 0.717) is 18.8 Å². The number of hydrogen-bond donors (Lipinski definition) is 2. The van der Waals surface area contributed by atoms with Crippen LogP contribution in [0.15, 0.2) is 61.3 Å². The van der Waals surface area contributed by atoms with Gasteiger partial charge < -0.3 is 15.6 Å². The zero-order valence-electron chi connectivity index (χ0n) is 17.9. The predicted molar refractivity (Wildman–Crippen MR) is 125 cm³/mol. The lowest BCUT2D eigenvalue weighted by atomic mass is 9.96. The highest BCUT2D eigenvalue weighted by atomic mass is 16.2.